The normalized spacial score (nSPS) is 17.9. The van der Waals surface area contributed by atoms with Gasteiger partial charge in [-0.2, -0.15) is 0 Å². The minimum atomic E-state index is -0.280. The molecule has 2 aromatic carbocycles. The van der Waals surface area contributed by atoms with Crippen molar-refractivity contribution in [3.05, 3.63) is 53.6 Å². The van der Waals surface area contributed by atoms with E-state index in [0.717, 1.165) is 22.6 Å². The van der Waals surface area contributed by atoms with Crippen LogP contribution in [0.2, 0.25) is 0 Å². The average Bonchev–Trinajstić information content (AvgIpc) is 3.46. The van der Waals surface area contributed by atoms with E-state index in [2.05, 4.69) is 24.5 Å². The second-order valence-electron chi connectivity index (χ2n) is 7.58. The van der Waals surface area contributed by atoms with E-state index in [1.165, 1.54) is 0 Å². The number of hydrogen-bond acceptors (Lipinski definition) is 3. The van der Waals surface area contributed by atoms with Crippen molar-refractivity contribution < 1.29 is 14.3 Å². The molecule has 0 radical (unpaired) electrons. The molecule has 5 heteroatoms. The van der Waals surface area contributed by atoms with Crippen LogP contribution in [0.5, 0.6) is 5.75 Å². The Kier molecular flexibility index (Phi) is 6.02. The molecule has 0 aliphatic heterocycles. The van der Waals surface area contributed by atoms with Gasteiger partial charge in [0.15, 0.2) is 0 Å². The molecule has 1 fully saturated rings. The molecular weight excluding hydrogens is 352 g/mol. The van der Waals surface area contributed by atoms with Crippen LogP contribution in [0.15, 0.2) is 42.5 Å². The van der Waals surface area contributed by atoms with Crippen LogP contribution in [-0.4, -0.2) is 18.4 Å². The molecule has 3 rings (SSSR count). The van der Waals surface area contributed by atoms with Crippen LogP contribution in [0.4, 0.5) is 11.4 Å². The summed E-state index contributed by atoms with van der Waals surface area (Å²) >= 11 is 0. The van der Waals surface area contributed by atoms with E-state index < -0.39 is 0 Å². The van der Waals surface area contributed by atoms with Crippen LogP contribution in [0.25, 0.3) is 0 Å². The van der Waals surface area contributed by atoms with Gasteiger partial charge in [0.25, 0.3) is 0 Å². The van der Waals surface area contributed by atoms with Gasteiger partial charge in [0.05, 0.1) is 18.4 Å². The lowest BCUT2D eigenvalue weighted by Gasteiger charge is -2.16. The van der Waals surface area contributed by atoms with Gasteiger partial charge in [-0.05, 0) is 61.6 Å². The van der Waals surface area contributed by atoms with Crippen LogP contribution in [0, 0.1) is 18.8 Å². The summed E-state index contributed by atoms with van der Waals surface area (Å²) in [6.45, 7) is 8.73. The smallest absolute Gasteiger partial charge is 0.228 e. The first-order valence-corrected chi connectivity index (χ1v) is 9.84. The quantitative estimate of drug-likeness (QED) is 0.730. The lowest BCUT2D eigenvalue weighted by atomic mass is 9.98. The molecular formula is C23H28N2O3. The molecule has 2 unspecified atom stereocenters. The Labute approximate surface area is 166 Å². The zero-order valence-corrected chi connectivity index (χ0v) is 16.9. The summed E-state index contributed by atoms with van der Waals surface area (Å²) in [4.78, 5) is 25.2. The molecule has 28 heavy (non-hydrogen) atoms. The maximum absolute atomic E-state index is 12.7. The highest BCUT2D eigenvalue weighted by molar-refractivity contribution is 6.03. The Hall–Kier alpha value is -2.82. The topological polar surface area (TPSA) is 67.4 Å². The molecule has 5 nitrogen and oxygen atoms in total. The molecule has 1 aliphatic rings. The molecule has 0 aromatic heterocycles. The Balaban J connectivity index is 1.59. The molecule has 0 bridgehead atoms. The zero-order valence-electron chi connectivity index (χ0n) is 16.9. The van der Waals surface area contributed by atoms with Crippen molar-refractivity contribution in [3.63, 3.8) is 0 Å². The number of hydrogen-bond donors (Lipinski definition) is 2. The highest BCUT2D eigenvalue weighted by Crippen LogP contribution is 2.41. The number of nitrogens with one attached hydrogen (secondary N) is 2. The van der Waals surface area contributed by atoms with Gasteiger partial charge < -0.3 is 15.4 Å². The first-order chi connectivity index (χ1) is 13.4. The number of para-hydroxylation sites is 1. The van der Waals surface area contributed by atoms with E-state index in [-0.39, 0.29) is 23.7 Å². The third-order valence-corrected chi connectivity index (χ3v) is 5.07. The van der Waals surface area contributed by atoms with E-state index in [1.54, 1.807) is 0 Å². The van der Waals surface area contributed by atoms with Crippen molar-refractivity contribution in [2.45, 2.75) is 40.0 Å². The summed E-state index contributed by atoms with van der Waals surface area (Å²) in [5, 5.41) is 5.95. The van der Waals surface area contributed by atoms with Gasteiger partial charge in [-0.3, -0.25) is 9.59 Å². The first-order valence-electron chi connectivity index (χ1n) is 9.84. The molecule has 0 spiro atoms. The van der Waals surface area contributed by atoms with E-state index in [4.69, 9.17) is 4.74 Å². The second kappa shape index (κ2) is 8.46. The van der Waals surface area contributed by atoms with Crippen molar-refractivity contribution in [2.75, 3.05) is 17.2 Å². The molecule has 0 heterocycles. The van der Waals surface area contributed by atoms with Crippen molar-refractivity contribution >= 4 is 23.2 Å². The van der Waals surface area contributed by atoms with Gasteiger partial charge in [0.1, 0.15) is 5.75 Å². The van der Waals surface area contributed by atoms with Gasteiger partial charge in [-0.25, -0.2) is 0 Å². The summed E-state index contributed by atoms with van der Waals surface area (Å²) in [6, 6.07) is 13.3. The lowest BCUT2D eigenvalue weighted by Crippen LogP contribution is -2.21. The zero-order chi connectivity index (χ0) is 20.3. The van der Waals surface area contributed by atoms with Crippen LogP contribution in [-0.2, 0) is 9.59 Å². The number of carbonyl (C=O) groups is 2. The third kappa shape index (κ3) is 4.53. The Morgan fingerprint density at radius 3 is 2.29 bits per heavy atom. The monoisotopic (exact) mass is 380 g/mol. The Bertz CT molecular complexity index is 859. The first kappa shape index (κ1) is 19.9. The fourth-order valence-electron chi connectivity index (χ4n) is 3.37. The molecule has 1 saturated carbocycles. The van der Waals surface area contributed by atoms with Crippen molar-refractivity contribution in [1.29, 1.82) is 0 Å². The summed E-state index contributed by atoms with van der Waals surface area (Å²) < 4.78 is 5.40. The fraction of sp³-hybridized carbons (Fsp3) is 0.391. The number of ether oxygens (including phenoxy) is 1. The minimum Gasteiger partial charge on any atom is -0.494 e. The van der Waals surface area contributed by atoms with Crippen molar-refractivity contribution in [2.24, 2.45) is 11.8 Å². The SMILES string of the molecule is CCOc1ccc(NC(=O)C2CC2C(=O)Nc2c(C)cccc2C(C)C)cc1. The number of rotatable bonds is 7. The lowest BCUT2D eigenvalue weighted by molar-refractivity contribution is -0.122. The maximum atomic E-state index is 12.7. The molecule has 148 valence electrons. The number of anilines is 2. The predicted molar refractivity (Wildman–Crippen MR) is 112 cm³/mol. The van der Waals surface area contributed by atoms with E-state index in [9.17, 15) is 9.59 Å². The minimum absolute atomic E-state index is 0.0805. The molecule has 2 aromatic rings. The van der Waals surface area contributed by atoms with Crippen molar-refractivity contribution in [1.82, 2.24) is 0 Å². The Morgan fingerprint density at radius 1 is 1.04 bits per heavy atom. The van der Waals surface area contributed by atoms with Gasteiger partial charge in [0, 0.05) is 11.4 Å². The third-order valence-electron chi connectivity index (χ3n) is 5.07. The van der Waals surface area contributed by atoms with Gasteiger partial charge in [-0.1, -0.05) is 32.0 Å². The summed E-state index contributed by atoms with van der Waals surface area (Å²) in [5.41, 5.74) is 3.74. The van der Waals surface area contributed by atoms with E-state index in [0.29, 0.717) is 24.6 Å². The molecule has 2 N–H and O–H groups in total. The molecule has 0 saturated heterocycles. The van der Waals surface area contributed by atoms with Gasteiger partial charge >= 0.3 is 0 Å². The molecule has 2 amide bonds. The van der Waals surface area contributed by atoms with Crippen LogP contribution < -0.4 is 15.4 Å². The Morgan fingerprint density at radius 2 is 1.68 bits per heavy atom. The van der Waals surface area contributed by atoms with E-state index in [1.807, 2.05) is 56.3 Å². The van der Waals surface area contributed by atoms with E-state index >= 15 is 0 Å². The largest absolute Gasteiger partial charge is 0.494 e. The number of carbonyl (C=O) groups excluding carboxylic acids is 2. The number of aryl methyl sites for hydroxylation is 1. The fourth-order valence-corrected chi connectivity index (χ4v) is 3.37. The summed E-state index contributed by atoms with van der Waals surface area (Å²) in [5.74, 6) is 0.332. The van der Waals surface area contributed by atoms with Crippen LogP contribution >= 0.6 is 0 Å². The highest BCUT2D eigenvalue weighted by atomic mass is 16.5. The summed E-state index contributed by atoms with van der Waals surface area (Å²) in [7, 11) is 0. The molecule has 1 aliphatic carbocycles. The summed E-state index contributed by atoms with van der Waals surface area (Å²) in [6.07, 6.45) is 0.581. The predicted octanol–water partition coefficient (Wildman–Crippen LogP) is 4.73. The number of benzene rings is 2. The molecule has 2 atom stereocenters. The van der Waals surface area contributed by atoms with Gasteiger partial charge in [0.2, 0.25) is 11.8 Å². The maximum Gasteiger partial charge on any atom is 0.228 e. The average molecular weight is 380 g/mol. The van der Waals surface area contributed by atoms with Crippen LogP contribution in [0.1, 0.15) is 44.2 Å². The number of amides is 2. The standard InChI is InChI=1S/C23H28N2O3/c1-5-28-17-11-9-16(10-12-17)24-22(26)19-13-20(19)23(27)25-21-15(4)7-6-8-18(21)14(2)3/h6-12,14,19-20H,5,13H2,1-4H3,(H,24,26)(H,25,27). The highest BCUT2D eigenvalue weighted by Gasteiger charge is 2.48. The van der Waals surface area contributed by atoms with Crippen molar-refractivity contribution in [3.8, 4) is 5.75 Å². The second-order valence-corrected chi connectivity index (χ2v) is 7.58. The van der Waals surface area contributed by atoms with Crippen LogP contribution in [0.3, 0.4) is 0 Å². The van der Waals surface area contributed by atoms with Gasteiger partial charge in [-0.15, -0.1) is 0 Å².